The summed E-state index contributed by atoms with van der Waals surface area (Å²) in [6.07, 6.45) is -2.92. The number of benzene rings is 1. The molecule has 2 aromatic rings. The molecule has 3 N–H and O–H groups in total. The summed E-state index contributed by atoms with van der Waals surface area (Å²) in [7, 11) is 1.76. The molecule has 0 unspecified atom stereocenters. The van der Waals surface area contributed by atoms with Crippen molar-refractivity contribution in [1.29, 1.82) is 0 Å². The third kappa shape index (κ3) is 3.48. The number of nitrogens with one attached hydrogen (secondary N) is 1. The summed E-state index contributed by atoms with van der Waals surface area (Å²) in [4.78, 5) is -0.110. The Morgan fingerprint density at radius 2 is 2.14 bits per heavy atom. The van der Waals surface area contributed by atoms with Gasteiger partial charge in [-0.15, -0.1) is 10.2 Å². The molecule has 0 saturated heterocycles. The van der Waals surface area contributed by atoms with Gasteiger partial charge in [-0.3, -0.25) is 0 Å². The van der Waals surface area contributed by atoms with Gasteiger partial charge in [0.2, 0.25) is 0 Å². The Bertz CT molecular complexity index is 665. The Balaban J connectivity index is 2.27. The number of nitrogens with two attached hydrogens (primary N) is 1. The molecule has 0 aliphatic carbocycles. The van der Waals surface area contributed by atoms with Crippen molar-refractivity contribution in [2.24, 2.45) is 12.8 Å². The molecule has 0 atom stereocenters. The maximum atomic E-state index is 12.7. The second-order valence-electron chi connectivity index (χ2n) is 4.33. The Labute approximate surface area is 124 Å². The Morgan fingerprint density at radius 3 is 2.67 bits per heavy atom. The number of nitrogens with zero attached hydrogens (tertiary/aromatic N) is 3. The minimum Gasteiger partial charge on any atom is -0.389 e. The highest BCUT2D eigenvalue weighted by Gasteiger charge is 2.31. The van der Waals surface area contributed by atoms with E-state index in [1.165, 1.54) is 12.4 Å². The molecule has 9 heteroatoms. The molecule has 0 amide bonds. The van der Waals surface area contributed by atoms with Gasteiger partial charge in [0.15, 0.2) is 5.82 Å². The third-order valence-corrected chi connectivity index (χ3v) is 3.07. The van der Waals surface area contributed by atoms with Crippen molar-refractivity contribution in [3.8, 4) is 0 Å². The highest BCUT2D eigenvalue weighted by Crippen LogP contribution is 2.32. The molecule has 0 aliphatic heterocycles. The van der Waals surface area contributed by atoms with Crippen LogP contribution in [0.15, 0.2) is 24.5 Å². The topological polar surface area (TPSA) is 68.8 Å². The molecule has 1 heterocycles. The summed E-state index contributed by atoms with van der Waals surface area (Å²) in [5.74, 6) is 0.629. The fourth-order valence-electron chi connectivity index (χ4n) is 1.72. The van der Waals surface area contributed by atoms with E-state index in [4.69, 9.17) is 18.0 Å². The van der Waals surface area contributed by atoms with Gasteiger partial charge < -0.3 is 15.6 Å². The number of hydrogen-bond acceptors (Lipinski definition) is 4. The van der Waals surface area contributed by atoms with E-state index in [-0.39, 0.29) is 17.1 Å². The lowest BCUT2D eigenvalue weighted by molar-refractivity contribution is -0.137. The minimum absolute atomic E-state index is 0.110. The van der Waals surface area contributed by atoms with Crippen LogP contribution in [0.3, 0.4) is 0 Å². The number of aryl methyl sites for hydroxylation is 1. The molecular formula is C12H12F3N5S. The Kier molecular flexibility index (Phi) is 4.12. The van der Waals surface area contributed by atoms with Gasteiger partial charge in [0.05, 0.1) is 12.1 Å². The molecule has 5 nitrogen and oxygen atoms in total. The summed E-state index contributed by atoms with van der Waals surface area (Å²) in [5, 5.41) is 10.5. The van der Waals surface area contributed by atoms with Crippen molar-refractivity contribution < 1.29 is 13.2 Å². The van der Waals surface area contributed by atoms with Crippen LogP contribution in [0.1, 0.15) is 17.0 Å². The quantitative estimate of drug-likeness (QED) is 0.846. The molecule has 2 rings (SSSR count). The van der Waals surface area contributed by atoms with E-state index >= 15 is 0 Å². The molecule has 0 radical (unpaired) electrons. The zero-order chi connectivity index (χ0) is 15.6. The van der Waals surface area contributed by atoms with Crippen LogP contribution < -0.4 is 11.1 Å². The molecule has 0 fully saturated rings. The van der Waals surface area contributed by atoms with Gasteiger partial charge in [-0.1, -0.05) is 12.2 Å². The van der Waals surface area contributed by atoms with Crippen LogP contribution in [0.2, 0.25) is 0 Å². The molecule has 21 heavy (non-hydrogen) atoms. The number of rotatable bonds is 4. The zero-order valence-corrected chi connectivity index (χ0v) is 11.8. The van der Waals surface area contributed by atoms with Crippen molar-refractivity contribution in [3.63, 3.8) is 0 Å². The lowest BCUT2D eigenvalue weighted by Gasteiger charge is -2.14. The van der Waals surface area contributed by atoms with Crippen molar-refractivity contribution in [1.82, 2.24) is 14.8 Å². The van der Waals surface area contributed by atoms with Crippen LogP contribution in [0.25, 0.3) is 0 Å². The van der Waals surface area contributed by atoms with Gasteiger partial charge in [0.25, 0.3) is 0 Å². The second-order valence-corrected chi connectivity index (χ2v) is 4.77. The second kappa shape index (κ2) is 5.68. The number of aromatic nitrogens is 3. The Hall–Kier alpha value is -2.16. The number of anilines is 1. The van der Waals surface area contributed by atoms with E-state index in [1.54, 1.807) is 11.6 Å². The van der Waals surface area contributed by atoms with Crippen LogP contribution in [0.4, 0.5) is 18.9 Å². The molecular weight excluding hydrogens is 303 g/mol. The van der Waals surface area contributed by atoms with Crippen LogP contribution in [-0.2, 0) is 19.8 Å². The first-order chi connectivity index (χ1) is 9.79. The smallest absolute Gasteiger partial charge is 0.389 e. The lowest BCUT2D eigenvalue weighted by Crippen LogP contribution is -2.16. The fraction of sp³-hybridized carbons (Fsp3) is 0.250. The van der Waals surface area contributed by atoms with Crippen molar-refractivity contribution in [3.05, 3.63) is 41.5 Å². The van der Waals surface area contributed by atoms with Crippen LogP contribution >= 0.6 is 12.2 Å². The van der Waals surface area contributed by atoms with Gasteiger partial charge in [-0.25, -0.2) is 0 Å². The average molecular weight is 315 g/mol. The normalized spacial score (nSPS) is 11.4. The van der Waals surface area contributed by atoms with Crippen molar-refractivity contribution in [2.45, 2.75) is 12.7 Å². The lowest BCUT2D eigenvalue weighted by atomic mass is 10.1. The van der Waals surface area contributed by atoms with Gasteiger partial charge in [-0.2, -0.15) is 13.2 Å². The highest BCUT2D eigenvalue weighted by atomic mass is 32.1. The van der Waals surface area contributed by atoms with Crippen LogP contribution in [-0.4, -0.2) is 19.8 Å². The van der Waals surface area contributed by atoms with Crippen molar-refractivity contribution >= 4 is 22.9 Å². The summed E-state index contributed by atoms with van der Waals surface area (Å²) in [5.41, 5.74) is 5.26. The molecule has 0 spiro atoms. The van der Waals surface area contributed by atoms with E-state index < -0.39 is 11.7 Å². The standard InChI is InChI=1S/C12H12F3N5S/c1-20-6-18-19-10(20)5-17-9-3-2-7(12(13,14)15)4-8(9)11(16)21/h2-4,6,17H,5H2,1H3,(H2,16,21). The van der Waals surface area contributed by atoms with Gasteiger partial charge >= 0.3 is 6.18 Å². The SMILES string of the molecule is Cn1cnnc1CNc1ccc(C(F)(F)F)cc1C(N)=S. The largest absolute Gasteiger partial charge is 0.416 e. The number of hydrogen-bond donors (Lipinski definition) is 2. The summed E-state index contributed by atoms with van der Waals surface area (Å²) in [6, 6.07) is 3.20. The Morgan fingerprint density at radius 1 is 1.43 bits per heavy atom. The molecule has 1 aromatic heterocycles. The van der Waals surface area contributed by atoms with Gasteiger partial charge in [-0.05, 0) is 18.2 Å². The van der Waals surface area contributed by atoms with Gasteiger partial charge in [0, 0.05) is 18.3 Å². The van der Waals surface area contributed by atoms with E-state index in [9.17, 15) is 13.2 Å². The summed E-state index contributed by atoms with van der Waals surface area (Å²) in [6.45, 7) is 0.289. The van der Waals surface area contributed by atoms with E-state index in [0.717, 1.165) is 12.1 Å². The molecule has 1 aromatic carbocycles. The molecule has 0 aliphatic rings. The first-order valence-corrected chi connectivity index (χ1v) is 6.27. The maximum Gasteiger partial charge on any atom is 0.416 e. The predicted molar refractivity (Wildman–Crippen MR) is 75.7 cm³/mol. The molecule has 0 saturated carbocycles. The number of halogens is 3. The minimum atomic E-state index is -4.44. The molecule has 112 valence electrons. The maximum absolute atomic E-state index is 12.7. The monoisotopic (exact) mass is 315 g/mol. The first-order valence-electron chi connectivity index (χ1n) is 5.87. The first kappa shape index (κ1) is 15.2. The number of alkyl halides is 3. The number of thiocarbonyl (C=S) groups is 1. The third-order valence-electron chi connectivity index (χ3n) is 2.85. The van der Waals surface area contributed by atoms with Crippen molar-refractivity contribution in [2.75, 3.05) is 5.32 Å². The summed E-state index contributed by atoms with van der Waals surface area (Å²) >= 11 is 4.81. The predicted octanol–water partition coefficient (Wildman–Crippen LogP) is 2.08. The van der Waals surface area contributed by atoms with E-state index in [2.05, 4.69) is 15.5 Å². The van der Waals surface area contributed by atoms with E-state index in [1.807, 2.05) is 0 Å². The van der Waals surface area contributed by atoms with Crippen LogP contribution in [0, 0.1) is 0 Å². The summed E-state index contributed by atoms with van der Waals surface area (Å²) < 4.78 is 39.8. The van der Waals surface area contributed by atoms with Gasteiger partial charge in [0.1, 0.15) is 11.3 Å². The van der Waals surface area contributed by atoms with Crippen LogP contribution in [0.5, 0.6) is 0 Å². The zero-order valence-electron chi connectivity index (χ0n) is 11.0. The fourth-order valence-corrected chi connectivity index (χ4v) is 1.89. The molecule has 0 bridgehead atoms. The highest BCUT2D eigenvalue weighted by molar-refractivity contribution is 7.80. The average Bonchev–Trinajstić information content (AvgIpc) is 2.80. The van der Waals surface area contributed by atoms with E-state index in [0.29, 0.717) is 11.5 Å².